The smallest absolute Gasteiger partial charge is 0.323 e. The molecular weight excluding hydrogens is 272 g/mol. The average molecular weight is 284 g/mol. The van der Waals surface area contributed by atoms with E-state index in [1.165, 1.54) is 19.2 Å². The van der Waals surface area contributed by atoms with E-state index >= 15 is 0 Å². The van der Waals surface area contributed by atoms with Crippen LogP contribution in [0, 0.1) is 10.1 Å². The first-order valence-electron chi connectivity index (χ1n) is 5.36. The first-order valence-corrected chi connectivity index (χ1v) is 5.36. The number of nitro groups is 1. The van der Waals surface area contributed by atoms with E-state index in [4.69, 9.17) is 14.9 Å². The van der Waals surface area contributed by atoms with E-state index in [0.29, 0.717) is 0 Å². The minimum Gasteiger partial charge on any atom is -0.496 e. The third kappa shape index (κ3) is 3.83. The van der Waals surface area contributed by atoms with Gasteiger partial charge in [0.05, 0.1) is 18.1 Å². The standard InChI is InChI=1S/C11H12N2O7/c1-20-7-2-3-8(9(4-7)13(18)19)12(5-10(14)15)6-11(16)17/h2-4H,5-6H2,1H3,(H,14,15)(H,16,17). The number of carboxylic acid groups (broad SMARTS) is 2. The lowest BCUT2D eigenvalue weighted by Crippen LogP contribution is -2.34. The number of carbonyl (C=O) groups is 2. The van der Waals surface area contributed by atoms with Crippen molar-refractivity contribution < 1.29 is 29.5 Å². The number of methoxy groups -OCH3 is 1. The zero-order chi connectivity index (χ0) is 15.3. The van der Waals surface area contributed by atoms with Gasteiger partial charge in [-0.1, -0.05) is 0 Å². The minimum absolute atomic E-state index is 0.0967. The van der Waals surface area contributed by atoms with Crippen molar-refractivity contribution in [3.63, 3.8) is 0 Å². The summed E-state index contributed by atoms with van der Waals surface area (Å²) in [4.78, 5) is 32.6. The Labute approximate surface area is 113 Å². The molecule has 0 saturated carbocycles. The maximum atomic E-state index is 11.0. The zero-order valence-electron chi connectivity index (χ0n) is 10.5. The second-order valence-electron chi connectivity index (χ2n) is 3.76. The number of aliphatic carboxylic acids is 2. The molecule has 0 atom stereocenters. The fourth-order valence-electron chi connectivity index (χ4n) is 1.60. The molecule has 0 aliphatic heterocycles. The quantitative estimate of drug-likeness (QED) is 0.549. The van der Waals surface area contributed by atoms with Crippen LogP contribution in [-0.4, -0.2) is 47.3 Å². The fraction of sp³-hybridized carbons (Fsp3) is 0.273. The van der Waals surface area contributed by atoms with Gasteiger partial charge in [-0.05, 0) is 12.1 Å². The Morgan fingerprint density at radius 2 is 1.85 bits per heavy atom. The van der Waals surface area contributed by atoms with Crippen molar-refractivity contribution in [3.8, 4) is 5.75 Å². The van der Waals surface area contributed by atoms with Crippen LogP contribution in [0.25, 0.3) is 0 Å². The topological polar surface area (TPSA) is 130 Å². The lowest BCUT2D eigenvalue weighted by atomic mass is 10.2. The number of anilines is 1. The van der Waals surface area contributed by atoms with Crippen LogP contribution in [0.5, 0.6) is 5.75 Å². The molecule has 9 heteroatoms. The number of ether oxygens (including phenoxy) is 1. The van der Waals surface area contributed by atoms with Gasteiger partial charge in [-0.3, -0.25) is 19.7 Å². The number of benzene rings is 1. The van der Waals surface area contributed by atoms with Gasteiger partial charge in [0.25, 0.3) is 5.69 Å². The summed E-state index contributed by atoms with van der Waals surface area (Å²) in [6.07, 6.45) is 0. The van der Waals surface area contributed by atoms with Gasteiger partial charge in [-0.2, -0.15) is 0 Å². The van der Waals surface area contributed by atoms with Gasteiger partial charge < -0.3 is 19.8 Å². The highest BCUT2D eigenvalue weighted by Crippen LogP contribution is 2.31. The molecule has 1 aromatic carbocycles. The molecule has 0 aliphatic carbocycles. The summed E-state index contributed by atoms with van der Waals surface area (Å²) in [5.74, 6) is -2.38. The van der Waals surface area contributed by atoms with Crippen LogP contribution in [0.3, 0.4) is 0 Å². The summed E-state index contributed by atoms with van der Waals surface area (Å²) in [7, 11) is 1.32. The lowest BCUT2D eigenvalue weighted by Gasteiger charge is -2.20. The Hall–Kier alpha value is -2.84. The van der Waals surface area contributed by atoms with Gasteiger partial charge in [0, 0.05) is 0 Å². The highest BCUT2D eigenvalue weighted by molar-refractivity contribution is 5.82. The van der Waals surface area contributed by atoms with Crippen LogP contribution in [0.15, 0.2) is 18.2 Å². The van der Waals surface area contributed by atoms with Crippen LogP contribution >= 0.6 is 0 Å². The monoisotopic (exact) mass is 284 g/mol. The van der Waals surface area contributed by atoms with Crippen molar-refractivity contribution in [2.45, 2.75) is 0 Å². The Balaban J connectivity index is 3.26. The summed E-state index contributed by atoms with van der Waals surface area (Å²) in [5.41, 5.74) is -0.521. The average Bonchev–Trinajstić information content (AvgIpc) is 2.36. The number of nitrogens with zero attached hydrogens (tertiary/aromatic N) is 2. The highest BCUT2D eigenvalue weighted by Gasteiger charge is 2.23. The molecule has 1 rings (SSSR count). The number of hydrogen-bond donors (Lipinski definition) is 2. The van der Waals surface area contributed by atoms with Crippen molar-refractivity contribution in [2.75, 3.05) is 25.1 Å². The van der Waals surface area contributed by atoms with Gasteiger partial charge in [-0.25, -0.2) is 0 Å². The maximum absolute atomic E-state index is 11.0. The molecule has 108 valence electrons. The summed E-state index contributed by atoms with van der Waals surface area (Å²) >= 11 is 0. The van der Waals surface area contributed by atoms with Crippen molar-refractivity contribution in [3.05, 3.63) is 28.3 Å². The molecule has 0 heterocycles. The van der Waals surface area contributed by atoms with E-state index in [1.807, 2.05) is 0 Å². The first-order chi connectivity index (χ1) is 9.35. The summed E-state index contributed by atoms with van der Waals surface area (Å²) < 4.78 is 4.85. The van der Waals surface area contributed by atoms with Gasteiger partial charge in [0.2, 0.25) is 0 Å². The van der Waals surface area contributed by atoms with Crippen LogP contribution in [0.2, 0.25) is 0 Å². The summed E-state index contributed by atoms with van der Waals surface area (Å²) in [6.45, 7) is -1.33. The molecule has 0 aromatic heterocycles. The van der Waals surface area contributed by atoms with Gasteiger partial charge in [0.1, 0.15) is 24.5 Å². The molecule has 9 nitrogen and oxygen atoms in total. The van der Waals surface area contributed by atoms with E-state index in [1.54, 1.807) is 0 Å². The van der Waals surface area contributed by atoms with E-state index in [-0.39, 0.29) is 11.4 Å². The predicted octanol–water partition coefficient (Wildman–Crippen LogP) is 0.579. The van der Waals surface area contributed by atoms with Crippen LogP contribution in [-0.2, 0) is 9.59 Å². The highest BCUT2D eigenvalue weighted by atomic mass is 16.6. The number of hydrogen-bond acceptors (Lipinski definition) is 6. The minimum atomic E-state index is -1.30. The molecule has 2 N–H and O–H groups in total. The number of rotatable bonds is 7. The fourth-order valence-corrected chi connectivity index (χ4v) is 1.60. The Bertz CT molecular complexity index is 528. The second-order valence-corrected chi connectivity index (χ2v) is 3.76. The molecule has 0 unspecified atom stereocenters. The van der Waals surface area contributed by atoms with Gasteiger partial charge in [-0.15, -0.1) is 0 Å². The van der Waals surface area contributed by atoms with Crippen LogP contribution in [0.1, 0.15) is 0 Å². The molecule has 20 heavy (non-hydrogen) atoms. The van der Waals surface area contributed by atoms with Crippen molar-refractivity contribution in [1.82, 2.24) is 0 Å². The van der Waals surface area contributed by atoms with Gasteiger partial charge in [0.15, 0.2) is 0 Å². The van der Waals surface area contributed by atoms with Crippen molar-refractivity contribution in [2.24, 2.45) is 0 Å². The van der Waals surface area contributed by atoms with E-state index in [9.17, 15) is 19.7 Å². The molecule has 0 bridgehead atoms. The maximum Gasteiger partial charge on any atom is 0.323 e. The first kappa shape index (κ1) is 15.2. The molecule has 0 fully saturated rings. The van der Waals surface area contributed by atoms with E-state index < -0.39 is 35.6 Å². The molecule has 0 spiro atoms. The molecule has 0 saturated heterocycles. The largest absolute Gasteiger partial charge is 0.496 e. The Morgan fingerprint density at radius 3 is 2.25 bits per heavy atom. The Morgan fingerprint density at radius 1 is 1.30 bits per heavy atom. The van der Waals surface area contributed by atoms with Crippen LogP contribution in [0.4, 0.5) is 11.4 Å². The summed E-state index contributed by atoms with van der Waals surface area (Å²) in [5, 5.41) is 28.5. The predicted molar refractivity (Wildman–Crippen MR) is 67.1 cm³/mol. The van der Waals surface area contributed by atoms with Crippen molar-refractivity contribution in [1.29, 1.82) is 0 Å². The second kappa shape index (κ2) is 6.36. The number of nitro benzene ring substituents is 1. The number of carboxylic acids is 2. The molecule has 0 aliphatic rings. The Kier molecular flexibility index (Phi) is 4.84. The van der Waals surface area contributed by atoms with Gasteiger partial charge >= 0.3 is 11.9 Å². The van der Waals surface area contributed by atoms with Crippen molar-refractivity contribution >= 4 is 23.3 Å². The SMILES string of the molecule is COc1ccc(N(CC(=O)O)CC(=O)O)c([N+](=O)[O-])c1. The molecular formula is C11H12N2O7. The normalized spacial score (nSPS) is 9.85. The summed E-state index contributed by atoms with van der Waals surface area (Å²) in [6, 6.07) is 3.74. The van der Waals surface area contributed by atoms with E-state index in [2.05, 4.69) is 0 Å². The molecule has 0 radical (unpaired) electrons. The molecule has 1 aromatic rings. The molecule has 0 amide bonds. The van der Waals surface area contributed by atoms with E-state index in [0.717, 1.165) is 11.0 Å². The zero-order valence-corrected chi connectivity index (χ0v) is 10.5. The third-order valence-electron chi connectivity index (χ3n) is 2.37. The lowest BCUT2D eigenvalue weighted by molar-refractivity contribution is -0.384. The third-order valence-corrected chi connectivity index (χ3v) is 2.37. The van der Waals surface area contributed by atoms with Crippen LogP contribution < -0.4 is 9.64 Å².